The average Bonchev–Trinajstić information content (AvgIpc) is 2.59. The van der Waals surface area contributed by atoms with Crippen molar-refractivity contribution in [3.8, 4) is 5.75 Å². The van der Waals surface area contributed by atoms with E-state index in [4.69, 9.17) is 4.74 Å². The van der Waals surface area contributed by atoms with Crippen LogP contribution in [0.4, 0.5) is 0 Å². The lowest BCUT2D eigenvalue weighted by Gasteiger charge is -2.24. The third-order valence-corrected chi connectivity index (χ3v) is 4.55. The molecule has 2 aromatic carbocycles. The molecule has 0 saturated carbocycles. The normalized spacial score (nSPS) is 13.2. The zero-order valence-electron chi connectivity index (χ0n) is 15.9. The lowest BCUT2D eigenvalue weighted by atomic mass is 9.97. The molecule has 0 fully saturated rings. The van der Waals surface area contributed by atoms with Crippen molar-refractivity contribution < 1.29 is 9.53 Å². The predicted molar refractivity (Wildman–Crippen MR) is 103 cm³/mol. The summed E-state index contributed by atoms with van der Waals surface area (Å²) < 4.78 is 5.97. The van der Waals surface area contributed by atoms with Crippen LogP contribution in [0.15, 0.2) is 42.5 Å². The van der Waals surface area contributed by atoms with Crippen molar-refractivity contribution in [1.29, 1.82) is 0 Å². The molecule has 0 aliphatic rings. The largest absolute Gasteiger partial charge is 0.480 e. The molecular weight excluding hydrogens is 310 g/mol. The second-order valence-corrected chi connectivity index (χ2v) is 6.61. The van der Waals surface area contributed by atoms with Crippen LogP contribution in [0.2, 0.25) is 0 Å². The third-order valence-electron chi connectivity index (χ3n) is 4.55. The van der Waals surface area contributed by atoms with Gasteiger partial charge in [0, 0.05) is 0 Å². The van der Waals surface area contributed by atoms with E-state index < -0.39 is 6.10 Å². The van der Waals surface area contributed by atoms with Gasteiger partial charge in [0.15, 0.2) is 6.10 Å². The highest BCUT2D eigenvalue weighted by molar-refractivity contribution is 5.81. The van der Waals surface area contributed by atoms with E-state index in [0.717, 1.165) is 17.7 Å². The van der Waals surface area contributed by atoms with Gasteiger partial charge in [-0.1, -0.05) is 55.8 Å². The second-order valence-electron chi connectivity index (χ2n) is 6.61. The molecule has 0 aliphatic carbocycles. The molecular formula is C22H29NO2. The molecule has 2 atom stereocenters. The Morgan fingerprint density at radius 1 is 1.00 bits per heavy atom. The highest BCUT2D eigenvalue weighted by atomic mass is 16.5. The Morgan fingerprint density at radius 2 is 1.72 bits per heavy atom. The maximum Gasteiger partial charge on any atom is 0.261 e. The van der Waals surface area contributed by atoms with Gasteiger partial charge in [-0.25, -0.2) is 0 Å². The number of rotatable bonds is 7. The zero-order valence-corrected chi connectivity index (χ0v) is 15.9. The van der Waals surface area contributed by atoms with Crippen molar-refractivity contribution in [2.75, 3.05) is 0 Å². The lowest BCUT2D eigenvalue weighted by Crippen LogP contribution is -2.40. The first kappa shape index (κ1) is 19.0. The Bertz CT molecular complexity index is 724. The molecule has 0 heterocycles. The summed E-state index contributed by atoms with van der Waals surface area (Å²) in [7, 11) is 0. The van der Waals surface area contributed by atoms with Gasteiger partial charge in [0.25, 0.3) is 5.91 Å². The molecule has 134 valence electrons. The van der Waals surface area contributed by atoms with Crippen LogP contribution < -0.4 is 10.1 Å². The van der Waals surface area contributed by atoms with Crippen molar-refractivity contribution in [2.45, 2.75) is 59.6 Å². The number of para-hydroxylation sites is 1. The highest BCUT2D eigenvalue weighted by Gasteiger charge is 2.23. The first-order valence-corrected chi connectivity index (χ1v) is 9.06. The number of hydrogen-bond acceptors (Lipinski definition) is 2. The monoisotopic (exact) mass is 339 g/mol. The minimum Gasteiger partial charge on any atom is -0.480 e. The van der Waals surface area contributed by atoms with E-state index >= 15 is 0 Å². The molecule has 2 rings (SSSR count). The molecule has 0 aromatic heterocycles. The van der Waals surface area contributed by atoms with Gasteiger partial charge in [0.1, 0.15) is 5.75 Å². The van der Waals surface area contributed by atoms with Gasteiger partial charge < -0.3 is 10.1 Å². The van der Waals surface area contributed by atoms with E-state index in [2.05, 4.69) is 44.3 Å². The van der Waals surface area contributed by atoms with Crippen molar-refractivity contribution in [2.24, 2.45) is 0 Å². The van der Waals surface area contributed by atoms with Crippen molar-refractivity contribution in [1.82, 2.24) is 5.32 Å². The molecule has 0 aliphatic heterocycles. The number of amides is 1. The fraction of sp³-hybridized carbons (Fsp3) is 0.409. The minimum absolute atomic E-state index is 0.00243. The first-order chi connectivity index (χ1) is 12.0. The molecule has 0 unspecified atom stereocenters. The number of carbonyl (C=O) groups excluding carboxylic acids is 1. The number of ether oxygens (including phenoxy) is 1. The van der Waals surface area contributed by atoms with Crippen molar-refractivity contribution >= 4 is 5.91 Å². The summed E-state index contributed by atoms with van der Waals surface area (Å²) >= 11 is 0. The maximum atomic E-state index is 12.8. The van der Waals surface area contributed by atoms with Crippen molar-refractivity contribution in [3.63, 3.8) is 0 Å². The topological polar surface area (TPSA) is 38.3 Å². The predicted octanol–water partition coefficient (Wildman–Crippen LogP) is 5.04. The van der Waals surface area contributed by atoms with E-state index in [0.29, 0.717) is 6.42 Å². The summed E-state index contributed by atoms with van der Waals surface area (Å²) in [6.07, 6.45) is 0.987. The SMILES string of the molecule is CC[C@@H](Oc1ccccc1C)C(=O)N[C@H](CC)c1ccc(C)cc1C. The Hall–Kier alpha value is -2.29. The molecule has 2 aromatic rings. The molecule has 1 amide bonds. The van der Waals surface area contributed by atoms with E-state index in [-0.39, 0.29) is 11.9 Å². The third kappa shape index (κ3) is 4.85. The van der Waals surface area contributed by atoms with Crippen LogP contribution in [0.1, 0.15) is 55.0 Å². The molecule has 3 nitrogen and oxygen atoms in total. The van der Waals surface area contributed by atoms with E-state index in [1.807, 2.05) is 38.1 Å². The van der Waals surface area contributed by atoms with E-state index in [1.54, 1.807) is 0 Å². The Kier molecular flexibility index (Phi) is 6.63. The van der Waals surface area contributed by atoms with Crippen LogP contribution >= 0.6 is 0 Å². The van der Waals surface area contributed by atoms with Gasteiger partial charge in [-0.15, -0.1) is 0 Å². The summed E-state index contributed by atoms with van der Waals surface area (Å²) in [5, 5.41) is 3.17. The average molecular weight is 339 g/mol. The molecule has 1 N–H and O–H groups in total. The smallest absolute Gasteiger partial charge is 0.261 e. The summed E-state index contributed by atoms with van der Waals surface area (Å²) in [5.41, 5.74) is 4.65. The quantitative estimate of drug-likeness (QED) is 0.768. The first-order valence-electron chi connectivity index (χ1n) is 9.06. The summed E-state index contributed by atoms with van der Waals surface area (Å²) in [6.45, 7) is 10.2. The summed E-state index contributed by atoms with van der Waals surface area (Å²) in [4.78, 5) is 12.8. The maximum absolute atomic E-state index is 12.8. The standard InChI is InChI=1S/C22H29NO2/c1-6-19(18-13-12-15(3)14-17(18)5)23-22(24)20(7-2)25-21-11-9-8-10-16(21)4/h8-14,19-20H,6-7H2,1-5H3,(H,23,24)/t19-,20-/m1/s1. The lowest BCUT2D eigenvalue weighted by molar-refractivity contribution is -0.129. The number of benzene rings is 2. The van der Waals surface area contributed by atoms with Crippen molar-refractivity contribution in [3.05, 3.63) is 64.7 Å². The zero-order chi connectivity index (χ0) is 18.4. The Morgan fingerprint density at radius 3 is 2.32 bits per heavy atom. The molecule has 0 radical (unpaired) electrons. The van der Waals surface area contributed by atoms with Crippen LogP contribution in [0.25, 0.3) is 0 Å². The Labute approximate surface area is 151 Å². The fourth-order valence-electron chi connectivity index (χ4n) is 3.05. The highest BCUT2D eigenvalue weighted by Crippen LogP contribution is 2.23. The van der Waals surface area contributed by atoms with Crippen LogP contribution in [0, 0.1) is 20.8 Å². The van der Waals surface area contributed by atoms with Gasteiger partial charge in [-0.3, -0.25) is 4.79 Å². The Balaban J connectivity index is 2.12. The fourth-order valence-corrected chi connectivity index (χ4v) is 3.05. The summed E-state index contributed by atoms with van der Waals surface area (Å²) in [6, 6.07) is 14.2. The molecule has 3 heteroatoms. The number of aryl methyl sites for hydroxylation is 3. The molecule has 25 heavy (non-hydrogen) atoms. The van der Waals surface area contributed by atoms with Crippen LogP contribution in [0.3, 0.4) is 0 Å². The van der Waals surface area contributed by atoms with E-state index in [9.17, 15) is 4.79 Å². The van der Waals surface area contributed by atoms with Gasteiger partial charge in [-0.05, 0) is 56.4 Å². The van der Waals surface area contributed by atoms with Gasteiger partial charge in [-0.2, -0.15) is 0 Å². The number of nitrogens with one attached hydrogen (secondary N) is 1. The minimum atomic E-state index is -0.485. The second kappa shape index (κ2) is 8.70. The van der Waals surface area contributed by atoms with Crippen LogP contribution in [-0.4, -0.2) is 12.0 Å². The van der Waals surface area contributed by atoms with Gasteiger partial charge in [0.05, 0.1) is 6.04 Å². The van der Waals surface area contributed by atoms with Gasteiger partial charge >= 0.3 is 0 Å². The molecule has 0 spiro atoms. The van der Waals surface area contributed by atoms with Crippen LogP contribution in [-0.2, 0) is 4.79 Å². The molecule has 0 saturated heterocycles. The van der Waals surface area contributed by atoms with E-state index in [1.165, 1.54) is 16.7 Å². The number of hydrogen-bond donors (Lipinski definition) is 1. The summed E-state index contributed by atoms with van der Waals surface area (Å²) in [5.74, 6) is 0.710. The number of carbonyl (C=O) groups is 1. The van der Waals surface area contributed by atoms with Crippen LogP contribution in [0.5, 0.6) is 5.75 Å². The van der Waals surface area contributed by atoms with Gasteiger partial charge in [0.2, 0.25) is 0 Å². The molecule has 0 bridgehead atoms.